The van der Waals surface area contributed by atoms with Crippen molar-refractivity contribution in [1.29, 1.82) is 0 Å². The van der Waals surface area contributed by atoms with Gasteiger partial charge in [-0.15, -0.1) is 0 Å². The number of hydrogen-bond donors (Lipinski definition) is 1. The van der Waals surface area contributed by atoms with Gasteiger partial charge in [-0.05, 0) is 41.8 Å². The van der Waals surface area contributed by atoms with Gasteiger partial charge in [-0.3, -0.25) is 4.90 Å². The van der Waals surface area contributed by atoms with Crippen LogP contribution in [0.5, 0.6) is 5.75 Å². The zero-order chi connectivity index (χ0) is 15.4. The van der Waals surface area contributed by atoms with E-state index in [4.69, 9.17) is 9.84 Å². The quantitative estimate of drug-likeness (QED) is 0.922. The van der Waals surface area contributed by atoms with Crippen LogP contribution in [-0.2, 0) is 13.0 Å². The largest absolute Gasteiger partial charge is 0.492 e. The van der Waals surface area contributed by atoms with E-state index in [2.05, 4.69) is 4.90 Å². The number of fused-ring (bicyclic) bond motifs is 1. The Labute approximate surface area is 130 Å². The summed E-state index contributed by atoms with van der Waals surface area (Å²) in [6, 6.07) is 15.2. The van der Waals surface area contributed by atoms with Gasteiger partial charge in [0.1, 0.15) is 12.4 Å². The van der Waals surface area contributed by atoms with Gasteiger partial charge < -0.3 is 9.84 Å². The third kappa shape index (κ3) is 3.46. The molecule has 0 unspecified atom stereocenters. The molecule has 22 heavy (non-hydrogen) atoms. The lowest BCUT2D eigenvalue weighted by molar-refractivity contribution is 0.0696. The molecule has 0 spiro atoms. The summed E-state index contributed by atoms with van der Waals surface area (Å²) in [5, 5.41) is 9.09. The van der Waals surface area contributed by atoms with Crippen LogP contribution < -0.4 is 4.74 Å². The van der Waals surface area contributed by atoms with Crippen molar-refractivity contribution < 1.29 is 14.6 Å². The molecule has 0 bridgehead atoms. The highest BCUT2D eigenvalue weighted by atomic mass is 16.5. The lowest BCUT2D eigenvalue weighted by Gasteiger charge is -2.28. The monoisotopic (exact) mass is 297 g/mol. The van der Waals surface area contributed by atoms with Gasteiger partial charge in [0.05, 0.1) is 5.56 Å². The Bertz CT molecular complexity index is 655. The number of benzene rings is 2. The lowest BCUT2D eigenvalue weighted by atomic mass is 9.97. The number of hydrogen-bond acceptors (Lipinski definition) is 3. The Morgan fingerprint density at radius 3 is 2.73 bits per heavy atom. The number of ether oxygens (including phenoxy) is 1. The molecule has 0 amide bonds. The molecule has 1 heterocycles. The standard InChI is InChI=1S/C18H19NO3/c20-18(21)15-7-6-14-8-9-19(13-16(14)12-15)10-11-22-17-4-2-1-3-5-17/h1-7,12H,8-11,13H2,(H,20,21). The summed E-state index contributed by atoms with van der Waals surface area (Å²) >= 11 is 0. The fourth-order valence-corrected chi connectivity index (χ4v) is 2.75. The van der Waals surface area contributed by atoms with E-state index in [1.807, 2.05) is 36.4 Å². The number of aromatic carboxylic acids is 1. The molecule has 1 aliphatic rings. The van der Waals surface area contributed by atoms with Gasteiger partial charge in [0.2, 0.25) is 0 Å². The summed E-state index contributed by atoms with van der Waals surface area (Å²) in [5.41, 5.74) is 2.73. The summed E-state index contributed by atoms with van der Waals surface area (Å²) in [7, 11) is 0. The number of rotatable bonds is 5. The summed E-state index contributed by atoms with van der Waals surface area (Å²) in [5.74, 6) is 0.0143. The SMILES string of the molecule is O=C(O)c1ccc2c(c1)CN(CCOc1ccccc1)CC2. The van der Waals surface area contributed by atoms with Crippen LogP contribution in [0.3, 0.4) is 0 Å². The molecule has 4 nitrogen and oxygen atoms in total. The Morgan fingerprint density at radius 1 is 1.14 bits per heavy atom. The van der Waals surface area contributed by atoms with Crippen molar-refractivity contribution in [2.45, 2.75) is 13.0 Å². The molecule has 0 atom stereocenters. The molecule has 1 aliphatic heterocycles. The Balaban J connectivity index is 1.57. The Morgan fingerprint density at radius 2 is 1.95 bits per heavy atom. The maximum atomic E-state index is 11.1. The zero-order valence-electron chi connectivity index (χ0n) is 12.4. The first-order valence-corrected chi connectivity index (χ1v) is 7.48. The molecule has 0 radical (unpaired) electrons. The summed E-state index contributed by atoms with van der Waals surface area (Å²) < 4.78 is 5.72. The van der Waals surface area contributed by atoms with Crippen molar-refractivity contribution in [3.8, 4) is 5.75 Å². The molecular formula is C18H19NO3. The number of carboxylic acids is 1. The van der Waals surface area contributed by atoms with Crippen molar-refractivity contribution in [2.24, 2.45) is 0 Å². The van der Waals surface area contributed by atoms with E-state index in [1.54, 1.807) is 12.1 Å². The number of para-hydroxylation sites is 1. The maximum Gasteiger partial charge on any atom is 0.335 e. The van der Waals surface area contributed by atoms with Crippen molar-refractivity contribution in [3.63, 3.8) is 0 Å². The van der Waals surface area contributed by atoms with Crippen LogP contribution in [0.4, 0.5) is 0 Å². The van der Waals surface area contributed by atoms with Gasteiger partial charge in [0.25, 0.3) is 0 Å². The van der Waals surface area contributed by atoms with Gasteiger partial charge in [-0.25, -0.2) is 4.79 Å². The van der Waals surface area contributed by atoms with Crippen LogP contribution in [0.1, 0.15) is 21.5 Å². The molecule has 0 saturated carbocycles. The normalized spacial score (nSPS) is 14.4. The third-order valence-corrected chi connectivity index (χ3v) is 3.96. The number of carboxylic acid groups (broad SMARTS) is 1. The van der Waals surface area contributed by atoms with E-state index in [9.17, 15) is 4.79 Å². The van der Waals surface area contributed by atoms with E-state index in [0.717, 1.165) is 37.4 Å². The predicted octanol–water partition coefficient (Wildman–Crippen LogP) is 2.82. The van der Waals surface area contributed by atoms with Gasteiger partial charge in [0.15, 0.2) is 0 Å². The van der Waals surface area contributed by atoms with E-state index in [1.165, 1.54) is 5.56 Å². The highest BCUT2D eigenvalue weighted by Gasteiger charge is 2.17. The molecule has 0 saturated heterocycles. The summed E-state index contributed by atoms with van der Waals surface area (Å²) in [6.45, 7) is 3.25. The van der Waals surface area contributed by atoms with Crippen LogP contribution >= 0.6 is 0 Å². The molecular weight excluding hydrogens is 278 g/mol. The molecule has 3 rings (SSSR count). The molecule has 0 aliphatic carbocycles. The fraction of sp³-hybridized carbons (Fsp3) is 0.278. The number of carbonyl (C=O) groups is 1. The van der Waals surface area contributed by atoms with Crippen molar-refractivity contribution in [2.75, 3.05) is 19.7 Å². The Hall–Kier alpha value is -2.33. The van der Waals surface area contributed by atoms with E-state index < -0.39 is 5.97 Å². The fourth-order valence-electron chi connectivity index (χ4n) is 2.75. The van der Waals surface area contributed by atoms with E-state index in [-0.39, 0.29) is 0 Å². The van der Waals surface area contributed by atoms with Crippen molar-refractivity contribution in [3.05, 3.63) is 65.2 Å². The number of nitrogens with zero attached hydrogens (tertiary/aromatic N) is 1. The molecule has 1 N–H and O–H groups in total. The topological polar surface area (TPSA) is 49.8 Å². The predicted molar refractivity (Wildman–Crippen MR) is 84.3 cm³/mol. The van der Waals surface area contributed by atoms with Gasteiger partial charge in [-0.1, -0.05) is 24.3 Å². The van der Waals surface area contributed by atoms with Crippen molar-refractivity contribution in [1.82, 2.24) is 4.90 Å². The minimum Gasteiger partial charge on any atom is -0.492 e. The lowest BCUT2D eigenvalue weighted by Crippen LogP contribution is -2.34. The molecule has 2 aromatic carbocycles. The molecule has 2 aromatic rings. The minimum atomic E-state index is -0.868. The van der Waals surface area contributed by atoms with Crippen LogP contribution in [0.15, 0.2) is 48.5 Å². The smallest absolute Gasteiger partial charge is 0.335 e. The molecule has 114 valence electrons. The Kier molecular flexibility index (Phi) is 4.39. The summed E-state index contributed by atoms with van der Waals surface area (Å²) in [4.78, 5) is 13.4. The second kappa shape index (κ2) is 6.62. The van der Waals surface area contributed by atoms with Crippen LogP contribution in [0, 0.1) is 0 Å². The average Bonchev–Trinajstić information content (AvgIpc) is 2.55. The highest BCUT2D eigenvalue weighted by molar-refractivity contribution is 5.87. The van der Waals surface area contributed by atoms with Crippen LogP contribution in [0.2, 0.25) is 0 Å². The first-order chi connectivity index (χ1) is 10.7. The maximum absolute atomic E-state index is 11.1. The van der Waals surface area contributed by atoms with Gasteiger partial charge in [-0.2, -0.15) is 0 Å². The van der Waals surface area contributed by atoms with Crippen LogP contribution in [-0.4, -0.2) is 35.7 Å². The average molecular weight is 297 g/mol. The van der Waals surface area contributed by atoms with Crippen molar-refractivity contribution >= 4 is 5.97 Å². The molecule has 0 fully saturated rings. The van der Waals surface area contributed by atoms with E-state index >= 15 is 0 Å². The minimum absolute atomic E-state index is 0.362. The third-order valence-electron chi connectivity index (χ3n) is 3.96. The highest BCUT2D eigenvalue weighted by Crippen LogP contribution is 2.20. The van der Waals surface area contributed by atoms with E-state index in [0.29, 0.717) is 12.2 Å². The zero-order valence-corrected chi connectivity index (χ0v) is 12.4. The second-order valence-electron chi connectivity index (χ2n) is 5.48. The first kappa shape index (κ1) is 14.6. The second-order valence-corrected chi connectivity index (χ2v) is 5.48. The summed E-state index contributed by atoms with van der Waals surface area (Å²) in [6.07, 6.45) is 0.959. The van der Waals surface area contributed by atoms with Gasteiger partial charge in [0, 0.05) is 19.6 Å². The molecule has 0 aromatic heterocycles. The molecule has 4 heteroatoms. The van der Waals surface area contributed by atoms with Gasteiger partial charge >= 0.3 is 5.97 Å². The first-order valence-electron chi connectivity index (χ1n) is 7.48. The van der Waals surface area contributed by atoms with Crippen LogP contribution in [0.25, 0.3) is 0 Å².